The number of aldehydes is 1. The molecule has 1 atom stereocenters. The van der Waals surface area contributed by atoms with Crippen LogP contribution in [0.4, 0.5) is 0 Å². The van der Waals surface area contributed by atoms with E-state index in [0.29, 0.717) is 25.6 Å². The molecular formula is C8H14O3. The lowest BCUT2D eigenvalue weighted by atomic mass is 10.1. The van der Waals surface area contributed by atoms with Gasteiger partial charge in [-0.3, -0.25) is 0 Å². The van der Waals surface area contributed by atoms with E-state index in [1.54, 1.807) is 0 Å². The fourth-order valence-electron chi connectivity index (χ4n) is 1.17. The van der Waals surface area contributed by atoms with E-state index in [-0.39, 0.29) is 6.29 Å². The Bertz CT molecular complexity index is 119. The number of carbonyl (C=O) groups excluding carboxylic acids is 1. The van der Waals surface area contributed by atoms with Crippen molar-refractivity contribution >= 4 is 6.29 Å². The number of rotatable bonds is 4. The molecule has 1 heterocycles. The molecule has 1 fully saturated rings. The fraction of sp³-hybridized carbons (Fsp3) is 0.875. The van der Waals surface area contributed by atoms with Gasteiger partial charge in [0.2, 0.25) is 0 Å². The first-order valence-corrected chi connectivity index (χ1v) is 4.01. The molecule has 0 aliphatic carbocycles. The second kappa shape index (κ2) is 4.46. The lowest BCUT2D eigenvalue weighted by molar-refractivity contribution is -0.109. The summed E-state index contributed by atoms with van der Waals surface area (Å²) < 4.78 is 10.5. The Hall–Kier alpha value is -0.410. The van der Waals surface area contributed by atoms with Crippen LogP contribution in [0.2, 0.25) is 0 Å². The molecule has 1 unspecified atom stereocenters. The van der Waals surface area contributed by atoms with Crippen molar-refractivity contribution in [3.8, 4) is 0 Å². The predicted molar refractivity (Wildman–Crippen MR) is 40.2 cm³/mol. The van der Waals surface area contributed by atoms with E-state index in [0.717, 1.165) is 12.7 Å². The van der Waals surface area contributed by atoms with Crippen molar-refractivity contribution < 1.29 is 14.3 Å². The third-order valence-electron chi connectivity index (χ3n) is 1.85. The minimum atomic E-state index is -0.0741. The van der Waals surface area contributed by atoms with Gasteiger partial charge in [-0.2, -0.15) is 0 Å². The maximum atomic E-state index is 10.0. The second-order valence-corrected chi connectivity index (χ2v) is 2.83. The summed E-state index contributed by atoms with van der Waals surface area (Å²) in [5.74, 6) is 0.336. The average molecular weight is 158 g/mol. The number of hydrogen-bond acceptors (Lipinski definition) is 3. The lowest BCUT2D eigenvalue weighted by Gasteiger charge is -2.15. The van der Waals surface area contributed by atoms with Gasteiger partial charge in [-0.15, -0.1) is 0 Å². The second-order valence-electron chi connectivity index (χ2n) is 2.83. The molecule has 1 saturated heterocycles. The average Bonchev–Trinajstić information content (AvgIpc) is 2.52. The van der Waals surface area contributed by atoms with Gasteiger partial charge in [0.15, 0.2) is 6.29 Å². The SMILES string of the molecule is CC(CCC=O)C1OCCO1. The highest BCUT2D eigenvalue weighted by Gasteiger charge is 2.22. The van der Waals surface area contributed by atoms with E-state index in [2.05, 4.69) is 0 Å². The topological polar surface area (TPSA) is 35.5 Å². The molecule has 1 rings (SSSR count). The Kier molecular flexibility index (Phi) is 3.52. The van der Waals surface area contributed by atoms with E-state index >= 15 is 0 Å². The molecule has 0 aromatic rings. The summed E-state index contributed by atoms with van der Waals surface area (Å²) in [4.78, 5) is 10.0. The summed E-state index contributed by atoms with van der Waals surface area (Å²) in [5, 5.41) is 0. The molecule has 1 aliphatic rings. The minimum absolute atomic E-state index is 0.0741. The zero-order chi connectivity index (χ0) is 8.10. The molecule has 11 heavy (non-hydrogen) atoms. The van der Waals surface area contributed by atoms with Crippen LogP contribution in [0.25, 0.3) is 0 Å². The van der Waals surface area contributed by atoms with Gasteiger partial charge in [-0.1, -0.05) is 6.92 Å². The van der Waals surface area contributed by atoms with Gasteiger partial charge < -0.3 is 14.3 Å². The normalized spacial score (nSPS) is 21.9. The van der Waals surface area contributed by atoms with Crippen molar-refractivity contribution in [2.75, 3.05) is 13.2 Å². The van der Waals surface area contributed by atoms with Crippen LogP contribution < -0.4 is 0 Å². The molecule has 0 N–H and O–H groups in total. The summed E-state index contributed by atoms with van der Waals surface area (Å²) in [5.41, 5.74) is 0. The Morgan fingerprint density at radius 2 is 2.18 bits per heavy atom. The summed E-state index contributed by atoms with van der Waals surface area (Å²) in [6, 6.07) is 0. The molecule has 0 spiro atoms. The predicted octanol–water partition coefficient (Wildman–Crippen LogP) is 0.974. The van der Waals surface area contributed by atoms with Crippen molar-refractivity contribution in [2.45, 2.75) is 26.1 Å². The third-order valence-corrected chi connectivity index (χ3v) is 1.85. The summed E-state index contributed by atoms with van der Waals surface area (Å²) in [6.07, 6.45) is 2.32. The Labute approximate surface area is 66.7 Å². The van der Waals surface area contributed by atoms with E-state index in [9.17, 15) is 4.79 Å². The van der Waals surface area contributed by atoms with Crippen LogP contribution in [0.3, 0.4) is 0 Å². The quantitative estimate of drug-likeness (QED) is 0.572. The van der Waals surface area contributed by atoms with Gasteiger partial charge in [-0.25, -0.2) is 0 Å². The minimum Gasteiger partial charge on any atom is -0.350 e. The highest BCUT2D eigenvalue weighted by molar-refractivity contribution is 5.49. The summed E-state index contributed by atoms with van der Waals surface area (Å²) in [7, 11) is 0. The highest BCUT2D eigenvalue weighted by atomic mass is 16.7. The van der Waals surface area contributed by atoms with Crippen LogP contribution in [-0.4, -0.2) is 25.8 Å². The van der Waals surface area contributed by atoms with Gasteiger partial charge >= 0.3 is 0 Å². The van der Waals surface area contributed by atoms with Crippen LogP contribution in [0.5, 0.6) is 0 Å². The number of carbonyl (C=O) groups is 1. The van der Waals surface area contributed by atoms with Gasteiger partial charge in [0, 0.05) is 12.3 Å². The molecular weight excluding hydrogens is 144 g/mol. The monoisotopic (exact) mass is 158 g/mol. The highest BCUT2D eigenvalue weighted by Crippen LogP contribution is 2.17. The van der Waals surface area contributed by atoms with Crippen LogP contribution in [0, 0.1) is 5.92 Å². The Morgan fingerprint density at radius 3 is 2.73 bits per heavy atom. The zero-order valence-corrected chi connectivity index (χ0v) is 6.79. The van der Waals surface area contributed by atoms with Crippen LogP contribution in [-0.2, 0) is 14.3 Å². The molecule has 3 heteroatoms. The molecule has 0 amide bonds. The smallest absolute Gasteiger partial charge is 0.160 e. The first kappa shape index (κ1) is 8.68. The van der Waals surface area contributed by atoms with Crippen molar-refractivity contribution in [2.24, 2.45) is 5.92 Å². The zero-order valence-electron chi connectivity index (χ0n) is 6.79. The van der Waals surface area contributed by atoms with E-state index in [4.69, 9.17) is 9.47 Å². The van der Waals surface area contributed by atoms with Gasteiger partial charge in [-0.05, 0) is 6.42 Å². The first-order valence-electron chi connectivity index (χ1n) is 4.01. The molecule has 1 aliphatic heterocycles. The summed E-state index contributed by atoms with van der Waals surface area (Å²) in [6.45, 7) is 3.42. The Morgan fingerprint density at radius 1 is 1.55 bits per heavy atom. The van der Waals surface area contributed by atoms with Crippen LogP contribution in [0.1, 0.15) is 19.8 Å². The van der Waals surface area contributed by atoms with Crippen LogP contribution >= 0.6 is 0 Å². The molecule has 0 saturated carbocycles. The van der Waals surface area contributed by atoms with E-state index < -0.39 is 0 Å². The fourth-order valence-corrected chi connectivity index (χ4v) is 1.17. The number of hydrogen-bond donors (Lipinski definition) is 0. The van der Waals surface area contributed by atoms with Crippen LogP contribution in [0.15, 0.2) is 0 Å². The van der Waals surface area contributed by atoms with Gasteiger partial charge in [0.05, 0.1) is 13.2 Å². The summed E-state index contributed by atoms with van der Waals surface area (Å²) >= 11 is 0. The van der Waals surface area contributed by atoms with Gasteiger partial charge in [0.25, 0.3) is 0 Å². The molecule has 0 bridgehead atoms. The lowest BCUT2D eigenvalue weighted by Crippen LogP contribution is -2.18. The first-order chi connectivity index (χ1) is 5.34. The molecule has 0 aromatic heterocycles. The molecule has 0 aromatic carbocycles. The van der Waals surface area contributed by atoms with Gasteiger partial charge in [0.1, 0.15) is 6.29 Å². The third kappa shape index (κ3) is 2.60. The molecule has 3 nitrogen and oxygen atoms in total. The maximum Gasteiger partial charge on any atom is 0.160 e. The van der Waals surface area contributed by atoms with Crippen molar-refractivity contribution in [3.05, 3.63) is 0 Å². The maximum absolute atomic E-state index is 10.0. The molecule has 0 radical (unpaired) electrons. The van der Waals surface area contributed by atoms with Crippen molar-refractivity contribution in [3.63, 3.8) is 0 Å². The van der Waals surface area contributed by atoms with E-state index in [1.165, 1.54) is 0 Å². The largest absolute Gasteiger partial charge is 0.350 e. The number of ether oxygens (including phenoxy) is 2. The van der Waals surface area contributed by atoms with Crippen molar-refractivity contribution in [1.29, 1.82) is 0 Å². The molecule has 64 valence electrons. The van der Waals surface area contributed by atoms with Crippen molar-refractivity contribution in [1.82, 2.24) is 0 Å². The van der Waals surface area contributed by atoms with E-state index in [1.807, 2.05) is 6.92 Å². The standard InChI is InChI=1S/C8H14O3/c1-7(3-2-4-9)8-10-5-6-11-8/h4,7-8H,2-3,5-6H2,1H3. The Balaban J connectivity index is 2.16.